The van der Waals surface area contributed by atoms with Crippen LogP contribution in [0.3, 0.4) is 0 Å². The number of fused-ring (bicyclic) bond motifs is 17. The molecule has 5 aliphatic rings. The summed E-state index contributed by atoms with van der Waals surface area (Å²) in [5.41, 5.74) is 43.8. The van der Waals surface area contributed by atoms with Crippen molar-refractivity contribution in [3.8, 4) is 22.5 Å². The molecule has 0 fully saturated rings. The number of nitrogens with zero attached hydrogens (tertiary/aromatic N) is 6. The van der Waals surface area contributed by atoms with Gasteiger partial charge in [-0.25, -0.2) is 0 Å². The van der Waals surface area contributed by atoms with Gasteiger partial charge < -0.3 is 28.7 Å². The summed E-state index contributed by atoms with van der Waals surface area (Å²) in [5, 5.41) is 4.95. The van der Waals surface area contributed by atoms with Crippen molar-refractivity contribution in [2.24, 2.45) is 0 Å². The summed E-state index contributed by atoms with van der Waals surface area (Å²) in [7, 11) is 0. The van der Waals surface area contributed by atoms with E-state index < -0.39 is 0 Å². The van der Waals surface area contributed by atoms with Crippen LogP contribution in [-0.4, -0.2) is 9.13 Å². The normalized spacial score (nSPS) is 13.3. The minimum Gasteiger partial charge on any atom is -0.309 e. The first-order valence-corrected chi connectivity index (χ1v) is 46.1. The van der Waals surface area contributed by atoms with E-state index in [1.54, 1.807) is 0 Å². The van der Waals surface area contributed by atoms with Crippen molar-refractivity contribution in [1.82, 2.24) is 9.13 Å². The van der Waals surface area contributed by atoms with Crippen LogP contribution in [0.2, 0.25) is 0 Å². The van der Waals surface area contributed by atoms with Gasteiger partial charge in [0.25, 0.3) is 0 Å². The lowest BCUT2D eigenvalue weighted by Crippen LogP contribution is -2.22. The summed E-state index contributed by atoms with van der Waals surface area (Å²) in [4.78, 5) is 9.76. The van der Waals surface area contributed by atoms with Gasteiger partial charge in [0.05, 0.1) is 84.6 Å². The van der Waals surface area contributed by atoms with Crippen molar-refractivity contribution in [3.63, 3.8) is 0 Å². The summed E-state index contributed by atoms with van der Waals surface area (Å²) in [6.45, 7) is 13.6. The Balaban J connectivity index is 0.000000137. The predicted octanol–water partition coefficient (Wildman–Crippen LogP) is 34.1. The quantitative estimate of drug-likeness (QED) is 0.165. The van der Waals surface area contributed by atoms with Crippen molar-refractivity contribution >= 4 is 166 Å². The summed E-state index contributed by atoms with van der Waals surface area (Å²) < 4.78 is 6.97. The summed E-state index contributed by atoms with van der Waals surface area (Å²) in [6, 6.07) is 156. The highest BCUT2D eigenvalue weighted by molar-refractivity contribution is 9.11. The largest absolute Gasteiger partial charge is 0.309 e. The molecule has 2 aromatic heterocycles. The number of halogens is 2. The molecule has 25 rings (SSSR count). The van der Waals surface area contributed by atoms with E-state index in [9.17, 15) is 0 Å². The Bertz CT molecular complexity index is 7480. The minimum absolute atomic E-state index is 0.0580. The molecule has 618 valence electrons. The van der Waals surface area contributed by atoms with Gasteiger partial charge in [-0.2, -0.15) is 0 Å². The average molecular weight is 1790 g/mol. The Morgan fingerprint density at radius 2 is 0.403 bits per heavy atom. The Morgan fingerprint density at radius 3 is 0.667 bits per heavy atom. The molecule has 0 spiro atoms. The van der Waals surface area contributed by atoms with Crippen LogP contribution >= 0.6 is 31.9 Å². The van der Waals surface area contributed by atoms with E-state index in [-0.39, 0.29) is 10.8 Å². The SMILES string of the molecule is CC(C)(C)c1ccc(N2c3ccccc3C(=C3c4ccccc4N(c4cc(-n5c6ccccc6c6ccccc65)cc(-n5c6ccccc6c6ccccc65)c4)c4ccccc43)c3ccccc32)cc1.CC(C)(C)c1ccc(N2c3ccccc3C(=C3c4ccccc4N(c4cc(Br)cc(Br)c4)c4ccccc43)c3ccccc32)cc1.c1ccc2c(c1)Cc1ccccc1-2. The molecule has 18 aromatic carbocycles. The second-order valence-corrected chi connectivity index (χ2v) is 38.0. The van der Waals surface area contributed by atoms with Gasteiger partial charge in [-0.15, -0.1) is 0 Å². The molecular weight excluding hydrogens is 1700 g/mol. The van der Waals surface area contributed by atoms with Crippen molar-refractivity contribution < 1.29 is 0 Å². The molecule has 129 heavy (non-hydrogen) atoms. The molecule has 6 nitrogen and oxygen atoms in total. The van der Waals surface area contributed by atoms with Gasteiger partial charge in [0.15, 0.2) is 0 Å². The molecule has 0 saturated heterocycles. The lowest BCUT2D eigenvalue weighted by atomic mass is 9.79. The molecule has 0 amide bonds. The zero-order valence-corrected chi connectivity index (χ0v) is 75.7. The van der Waals surface area contributed by atoms with E-state index in [4.69, 9.17) is 0 Å². The molecule has 0 bridgehead atoms. The van der Waals surface area contributed by atoms with Crippen LogP contribution in [-0.2, 0) is 17.3 Å². The highest BCUT2D eigenvalue weighted by Crippen LogP contribution is 2.61. The average Bonchev–Trinajstić information content (AvgIpc) is 1.63. The lowest BCUT2D eigenvalue weighted by Gasteiger charge is -2.39. The van der Waals surface area contributed by atoms with Crippen molar-refractivity contribution in [3.05, 3.63) is 500 Å². The van der Waals surface area contributed by atoms with Gasteiger partial charge in [0.2, 0.25) is 0 Å². The first kappa shape index (κ1) is 78.9. The first-order chi connectivity index (χ1) is 63.1. The maximum absolute atomic E-state index is 3.74. The van der Waals surface area contributed by atoms with Crippen LogP contribution in [0, 0.1) is 0 Å². The number of aromatic nitrogens is 2. The minimum atomic E-state index is 0.0580. The molecule has 0 saturated carbocycles. The second-order valence-electron chi connectivity index (χ2n) is 36.1. The van der Waals surface area contributed by atoms with Gasteiger partial charge in [-0.1, -0.05) is 365 Å². The molecule has 20 aromatic rings. The van der Waals surface area contributed by atoms with Crippen LogP contribution in [0.5, 0.6) is 0 Å². The smallest absolute Gasteiger partial charge is 0.0541 e. The van der Waals surface area contributed by atoms with E-state index in [0.29, 0.717) is 0 Å². The molecule has 0 N–H and O–H groups in total. The first-order valence-electron chi connectivity index (χ1n) is 44.5. The summed E-state index contributed by atoms with van der Waals surface area (Å²) in [5.74, 6) is 0. The van der Waals surface area contributed by atoms with E-state index in [2.05, 4.69) is 527 Å². The number of anilines is 12. The van der Waals surface area contributed by atoms with Gasteiger partial charge in [0.1, 0.15) is 0 Å². The highest BCUT2D eigenvalue weighted by atomic mass is 79.9. The topological polar surface area (TPSA) is 22.8 Å². The maximum atomic E-state index is 3.74. The zero-order chi connectivity index (χ0) is 86.9. The fraction of sp³-hybridized carbons (Fsp3) is 0.0744. The summed E-state index contributed by atoms with van der Waals surface area (Å²) >= 11 is 7.48. The van der Waals surface area contributed by atoms with Crippen molar-refractivity contribution in [2.45, 2.75) is 58.8 Å². The highest BCUT2D eigenvalue weighted by Gasteiger charge is 2.39. The van der Waals surface area contributed by atoms with Crippen molar-refractivity contribution in [1.29, 1.82) is 0 Å². The Morgan fingerprint density at radius 1 is 0.194 bits per heavy atom. The monoisotopic (exact) mass is 1780 g/mol. The Kier molecular flexibility index (Phi) is 19.4. The maximum Gasteiger partial charge on any atom is 0.0541 e. The Labute approximate surface area is 770 Å². The standard InChI is InChI=1S/C66H48N4.C42H32Br2N2.C13H10/c1-66(2,3)43-36-38-44(39-37-43)67-60-32-16-8-24-52(60)64(53-25-9-17-33-61(53)67)65-54-26-10-18-34-62(54)70(63-35-19-11-27-55(63)65)47-41-45(68-56-28-12-4-20-48(56)49-21-5-13-29-57(49)68)40-46(42-47)69-58-30-14-6-22-50(58)51-23-7-15-31-59(51)69;1-42(2,3)27-20-22-30(23-21-27)45-36-16-8-4-12-32(36)40(33-13-5-9-17-37(33)45)41-34-14-6-10-18-38(34)46(39-19-11-7-15-35(39)41)31-25-28(43)24-29(44)26-31;1-3-7-12-10(5-1)9-11-6-2-4-8-13(11)12/h4-42H,1-3H3;4-26H,1-3H3;1-8H,9H2. The van der Waals surface area contributed by atoms with Gasteiger partial charge in [-0.05, 0) is 184 Å². The van der Waals surface area contributed by atoms with Crippen LogP contribution in [0.15, 0.2) is 434 Å². The fourth-order valence-electron chi connectivity index (χ4n) is 20.7. The van der Waals surface area contributed by atoms with Crippen LogP contribution in [0.4, 0.5) is 68.2 Å². The zero-order valence-electron chi connectivity index (χ0n) is 72.6. The third-order valence-corrected chi connectivity index (χ3v) is 27.3. The molecule has 4 aliphatic heterocycles. The number of rotatable bonds is 6. The molecule has 0 atom stereocenters. The van der Waals surface area contributed by atoms with Crippen LogP contribution in [0.25, 0.3) is 88.4 Å². The molecule has 6 heterocycles. The number of benzene rings is 18. The molecular formula is C121H90Br2N6. The third-order valence-electron chi connectivity index (χ3n) is 26.4. The number of hydrogen-bond acceptors (Lipinski definition) is 4. The lowest BCUT2D eigenvalue weighted by molar-refractivity contribution is 0.590. The fourth-order valence-corrected chi connectivity index (χ4v) is 21.9. The third kappa shape index (κ3) is 13.4. The van der Waals surface area contributed by atoms with Gasteiger partial charge in [0, 0.05) is 114 Å². The van der Waals surface area contributed by atoms with Crippen LogP contribution < -0.4 is 19.6 Å². The summed E-state index contributed by atoms with van der Waals surface area (Å²) in [6.07, 6.45) is 1.10. The number of hydrogen-bond donors (Lipinski definition) is 0. The molecule has 8 heteroatoms. The van der Waals surface area contributed by atoms with Crippen LogP contribution in [0.1, 0.15) is 108 Å². The predicted molar refractivity (Wildman–Crippen MR) is 551 cm³/mol. The number of para-hydroxylation sites is 12. The molecule has 0 unspecified atom stereocenters. The molecule has 0 radical (unpaired) electrons. The van der Waals surface area contributed by atoms with Crippen molar-refractivity contribution in [2.75, 3.05) is 19.6 Å². The van der Waals surface area contributed by atoms with Gasteiger partial charge >= 0.3 is 0 Å². The van der Waals surface area contributed by atoms with E-state index >= 15 is 0 Å². The van der Waals surface area contributed by atoms with Gasteiger partial charge in [-0.3, -0.25) is 0 Å². The van der Waals surface area contributed by atoms with E-state index in [1.807, 2.05) is 0 Å². The molecule has 1 aliphatic carbocycles. The van der Waals surface area contributed by atoms with E-state index in [0.717, 1.165) is 72.2 Å². The second kappa shape index (κ2) is 31.6. The Hall–Kier alpha value is -14.8. The van der Waals surface area contributed by atoms with E-state index in [1.165, 1.54) is 167 Å².